The average Bonchev–Trinajstić information content (AvgIpc) is 2.88. The van der Waals surface area contributed by atoms with Gasteiger partial charge in [0.25, 0.3) is 10.0 Å². The summed E-state index contributed by atoms with van der Waals surface area (Å²) in [5.74, 6) is 1.25. The molecule has 0 amide bonds. The van der Waals surface area contributed by atoms with Crippen LogP contribution in [0.4, 0.5) is 0 Å². The van der Waals surface area contributed by atoms with Crippen LogP contribution in [0.3, 0.4) is 0 Å². The van der Waals surface area contributed by atoms with Gasteiger partial charge in [-0.25, -0.2) is 8.42 Å². The van der Waals surface area contributed by atoms with Crippen LogP contribution in [0.15, 0.2) is 15.7 Å². The molecule has 108 valence electrons. The summed E-state index contributed by atoms with van der Waals surface area (Å²) >= 11 is 1.19. The minimum atomic E-state index is -3.36. The van der Waals surface area contributed by atoms with Crippen LogP contribution in [0.1, 0.15) is 32.3 Å². The molecule has 1 N–H and O–H groups in total. The van der Waals surface area contributed by atoms with Gasteiger partial charge in [-0.05, 0) is 41.7 Å². The lowest BCUT2D eigenvalue weighted by Gasteiger charge is -2.32. The second-order valence-electron chi connectivity index (χ2n) is 5.42. The average molecular weight is 303 g/mol. The van der Waals surface area contributed by atoms with Gasteiger partial charge in [0.2, 0.25) is 0 Å². The van der Waals surface area contributed by atoms with Gasteiger partial charge in [0, 0.05) is 13.1 Å². The summed E-state index contributed by atoms with van der Waals surface area (Å²) < 4.78 is 26.8. The molecule has 0 atom stereocenters. The van der Waals surface area contributed by atoms with E-state index in [0.717, 1.165) is 12.8 Å². The van der Waals surface area contributed by atoms with E-state index in [-0.39, 0.29) is 6.61 Å². The summed E-state index contributed by atoms with van der Waals surface area (Å²) in [7, 11) is -3.36. The van der Waals surface area contributed by atoms with Crippen molar-refractivity contribution in [2.75, 3.05) is 13.1 Å². The van der Waals surface area contributed by atoms with Crippen molar-refractivity contribution >= 4 is 21.4 Å². The van der Waals surface area contributed by atoms with Crippen molar-refractivity contribution in [3.05, 3.63) is 17.0 Å². The lowest BCUT2D eigenvalue weighted by molar-refractivity contribution is 0.227. The molecule has 0 unspecified atom stereocenters. The number of piperidine rings is 1. The van der Waals surface area contributed by atoms with E-state index in [1.807, 2.05) is 0 Å². The molecule has 2 heterocycles. The van der Waals surface area contributed by atoms with E-state index < -0.39 is 10.0 Å². The highest BCUT2D eigenvalue weighted by atomic mass is 32.2. The van der Waals surface area contributed by atoms with Crippen LogP contribution >= 0.6 is 11.3 Å². The Morgan fingerprint density at radius 1 is 1.42 bits per heavy atom. The number of hydrogen-bond acceptors (Lipinski definition) is 4. The highest BCUT2D eigenvalue weighted by Crippen LogP contribution is 2.30. The predicted octanol–water partition coefficient (Wildman–Crippen LogP) is 2.30. The molecule has 6 heteroatoms. The van der Waals surface area contributed by atoms with Gasteiger partial charge < -0.3 is 5.11 Å². The molecule has 19 heavy (non-hydrogen) atoms. The molecule has 2 rings (SSSR count). The molecule has 4 nitrogen and oxygen atoms in total. The maximum atomic E-state index is 12.4. The number of aliphatic hydroxyl groups excluding tert-OH is 1. The van der Waals surface area contributed by atoms with Gasteiger partial charge in [-0.15, -0.1) is 11.3 Å². The number of thiophene rings is 1. The molecule has 0 bridgehead atoms. The minimum Gasteiger partial charge on any atom is -0.392 e. The molecule has 0 radical (unpaired) electrons. The van der Waals surface area contributed by atoms with Crippen molar-refractivity contribution in [2.45, 2.75) is 37.5 Å². The maximum absolute atomic E-state index is 12.4. The first-order chi connectivity index (χ1) is 8.95. The number of aliphatic hydroxyl groups is 1. The monoisotopic (exact) mass is 303 g/mol. The second-order valence-corrected chi connectivity index (χ2v) is 8.49. The highest BCUT2D eigenvalue weighted by molar-refractivity contribution is 7.91. The zero-order valence-electron chi connectivity index (χ0n) is 11.4. The van der Waals surface area contributed by atoms with Gasteiger partial charge in [0.15, 0.2) is 0 Å². The molecular weight excluding hydrogens is 282 g/mol. The van der Waals surface area contributed by atoms with Crippen molar-refractivity contribution in [3.63, 3.8) is 0 Å². The molecular formula is C13H21NO3S2. The van der Waals surface area contributed by atoms with E-state index in [0.29, 0.717) is 34.7 Å². The summed E-state index contributed by atoms with van der Waals surface area (Å²) in [5.41, 5.74) is 0.667. The van der Waals surface area contributed by atoms with Crippen LogP contribution in [0, 0.1) is 11.8 Å². The number of hydrogen-bond donors (Lipinski definition) is 1. The van der Waals surface area contributed by atoms with Crippen LogP contribution in [0.25, 0.3) is 0 Å². The third kappa shape index (κ3) is 3.18. The zero-order valence-corrected chi connectivity index (χ0v) is 13.0. The van der Waals surface area contributed by atoms with Crippen molar-refractivity contribution in [3.8, 4) is 0 Å². The Morgan fingerprint density at radius 3 is 2.53 bits per heavy atom. The molecule has 1 aromatic heterocycles. The standard InChI is InChI=1S/C13H21NO3S2/c1-10(2)12-3-5-14(6-4-12)19(16,17)13-7-11(8-15)9-18-13/h7,9-10,12,15H,3-6,8H2,1-2H3. The van der Waals surface area contributed by atoms with Gasteiger partial charge in [-0.1, -0.05) is 13.8 Å². The first-order valence-electron chi connectivity index (χ1n) is 6.63. The van der Waals surface area contributed by atoms with Crippen molar-refractivity contribution < 1.29 is 13.5 Å². The normalized spacial score (nSPS) is 19.2. The van der Waals surface area contributed by atoms with E-state index in [9.17, 15) is 8.42 Å². The van der Waals surface area contributed by atoms with Crippen molar-refractivity contribution in [2.24, 2.45) is 11.8 Å². The Labute approximate surface area is 119 Å². The number of nitrogens with zero attached hydrogens (tertiary/aromatic N) is 1. The maximum Gasteiger partial charge on any atom is 0.252 e. The first-order valence-corrected chi connectivity index (χ1v) is 8.95. The van der Waals surface area contributed by atoms with Gasteiger partial charge in [0.1, 0.15) is 4.21 Å². The fraction of sp³-hybridized carbons (Fsp3) is 0.692. The molecule has 1 aliphatic heterocycles. The van der Waals surface area contributed by atoms with Crippen molar-refractivity contribution in [1.82, 2.24) is 4.31 Å². The molecule has 0 saturated carbocycles. The van der Waals surface area contributed by atoms with E-state index >= 15 is 0 Å². The third-order valence-corrected chi connectivity index (χ3v) is 7.21. The highest BCUT2D eigenvalue weighted by Gasteiger charge is 2.31. The van der Waals surface area contributed by atoms with Crippen LogP contribution < -0.4 is 0 Å². The Morgan fingerprint density at radius 2 is 2.05 bits per heavy atom. The van der Waals surface area contributed by atoms with Gasteiger partial charge in [0.05, 0.1) is 6.61 Å². The Bertz CT molecular complexity index is 514. The van der Waals surface area contributed by atoms with Gasteiger partial charge in [-0.2, -0.15) is 4.31 Å². The van der Waals surface area contributed by atoms with Gasteiger partial charge >= 0.3 is 0 Å². The fourth-order valence-corrected chi connectivity index (χ4v) is 5.30. The van der Waals surface area contributed by atoms with Crippen molar-refractivity contribution in [1.29, 1.82) is 0 Å². The topological polar surface area (TPSA) is 57.6 Å². The molecule has 0 spiro atoms. The largest absolute Gasteiger partial charge is 0.392 e. The van der Waals surface area contributed by atoms with E-state index in [1.54, 1.807) is 15.8 Å². The van der Waals surface area contributed by atoms with Crippen LogP contribution in [-0.2, 0) is 16.6 Å². The number of sulfonamides is 1. The zero-order chi connectivity index (χ0) is 14.0. The summed E-state index contributed by atoms with van der Waals surface area (Å²) in [5, 5.41) is 10.7. The lowest BCUT2D eigenvalue weighted by atomic mass is 9.87. The predicted molar refractivity (Wildman–Crippen MR) is 76.6 cm³/mol. The van der Waals surface area contributed by atoms with E-state index in [4.69, 9.17) is 5.11 Å². The number of rotatable bonds is 4. The summed E-state index contributed by atoms with van der Waals surface area (Å²) in [4.78, 5) is 0. The first kappa shape index (κ1) is 15.0. The lowest BCUT2D eigenvalue weighted by Crippen LogP contribution is -2.39. The molecule has 1 saturated heterocycles. The molecule has 1 aromatic rings. The Balaban J connectivity index is 2.09. The summed E-state index contributed by atoms with van der Waals surface area (Å²) in [6.45, 7) is 5.50. The molecule has 0 aliphatic carbocycles. The summed E-state index contributed by atoms with van der Waals surface area (Å²) in [6.07, 6.45) is 1.88. The summed E-state index contributed by atoms with van der Waals surface area (Å²) in [6, 6.07) is 1.58. The second kappa shape index (κ2) is 5.91. The molecule has 1 aliphatic rings. The van der Waals surface area contributed by atoms with E-state index in [1.165, 1.54) is 11.3 Å². The molecule has 0 aromatic carbocycles. The minimum absolute atomic E-state index is 0.110. The third-order valence-electron chi connectivity index (χ3n) is 3.85. The Kier molecular flexibility index (Phi) is 4.66. The quantitative estimate of drug-likeness (QED) is 0.928. The SMILES string of the molecule is CC(C)C1CCN(S(=O)(=O)c2cc(CO)cs2)CC1. The molecule has 1 fully saturated rings. The van der Waals surface area contributed by atoms with Crippen LogP contribution in [0.2, 0.25) is 0 Å². The smallest absolute Gasteiger partial charge is 0.252 e. The van der Waals surface area contributed by atoms with Gasteiger partial charge in [-0.3, -0.25) is 0 Å². The van der Waals surface area contributed by atoms with Crippen LogP contribution in [-0.4, -0.2) is 30.9 Å². The Hall–Kier alpha value is -0.430. The van der Waals surface area contributed by atoms with E-state index in [2.05, 4.69) is 13.8 Å². The fourth-order valence-electron chi connectivity index (χ4n) is 2.48. The van der Waals surface area contributed by atoms with Crippen LogP contribution in [0.5, 0.6) is 0 Å².